The van der Waals surface area contributed by atoms with E-state index in [-0.39, 0.29) is 12.0 Å². The van der Waals surface area contributed by atoms with Crippen molar-refractivity contribution in [3.05, 3.63) is 48.0 Å². The maximum absolute atomic E-state index is 9.33. The van der Waals surface area contributed by atoms with E-state index in [4.69, 9.17) is 0 Å². The van der Waals surface area contributed by atoms with Crippen LogP contribution in [0.15, 0.2) is 42.5 Å². The minimum Gasteiger partial charge on any atom is -0.395 e. The molecule has 0 heterocycles. The van der Waals surface area contributed by atoms with E-state index in [2.05, 4.69) is 25.1 Å². The molecule has 0 fully saturated rings. The molecular weight excluding hydrogens is 172 g/mol. The number of hydrogen-bond donors (Lipinski definition) is 1. The highest BCUT2D eigenvalue weighted by atomic mass is 16.3. The van der Waals surface area contributed by atoms with Gasteiger partial charge in [-0.1, -0.05) is 49.4 Å². The average Bonchev–Trinajstić information content (AvgIpc) is 2.20. The average molecular weight is 190 g/mol. The third kappa shape index (κ3) is 3.00. The highest BCUT2D eigenvalue weighted by Crippen LogP contribution is 2.23. The van der Waals surface area contributed by atoms with Gasteiger partial charge in [0.15, 0.2) is 0 Å². The molecule has 1 nitrogen and oxygen atoms in total. The number of aliphatic hydroxyl groups excluding tert-OH is 1. The summed E-state index contributed by atoms with van der Waals surface area (Å²) in [5, 5.41) is 9.33. The molecular formula is C13H18O. The second kappa shape index (κ2) is 4.97. The lowest BCUT2D eigenvalue weighted by molar-refractivity contribution is 0.184. The molecule has 0 amide bonds. The van der Waals surface area contributed by atoms with Crippen molar-refractivity contribution in [3.63, 3.8) is 0 Å². The summed E-state index contributed by atoms with van der Waals surface area (Å²) in [5.74, 6) is 0. The largest absolute Gasteiger partial charge is 0.395 e. The normalized spacial score (nSPS) is 15.6. The van der Waals surface area contributed by atoms with Crippen LogP contribution < -0.4 is 0 Å². The number of benzene rings is 1. The molecule has 0 aliphatic heterocycles. The molecule has 0 aliphatic rings. The maximum atomic E-state index is 9.33. The Hall–Kier alpha value is -1.08. The van der Waals surface area contributed by atoms with Crippen LogP contribution in [0.4, 0.5) is 0 Å². The molecule has 0 bridgehead atoms. The Morgan fingerprint density at radius 3 is 2.43 bits per heavy atom. The van der Waals surface area contributed by atoms with E-state index in [9.17, 15) is 5.11 Å². The minimum absolute atomic E-state index is 0.129. The molecule has 0 aromatic heterocycles. The predicted molar refractivity (Wildman–Crippen MR) is 60.2 cm³/mol. The summed E-state index contributed by atoms with van der Waals surface area (Å²) in [6, 6.07) is 10.3. The first-order chi connectivity index (χ1) is 6.70. The number of hydrogen-bond acceptors (Lipinski definition) is 1. The highest BCUT2D eigenvalue weighted by molar-refractivity contribution is 5.18. The van der Waals surface area contributed by atoms with E-state index in [1.165, 1.54) is 5.56 Å². The van der Waals surface area contributed by atoms with Gasteiger partial charge in [0.1, 0.15) is 0 Å². The van der Waals surface area contributed by atoms with Crippen LogP contribution in [-0.4, -0.2) is 11.7 Å². The van der Waals surface area contributed by atoms with Gasteiger partial charge in [-0.25, -0.2) is 0 Å². The molecule has 1 unspecified atom stereocenters. The van der Waals surface area contributed by atoms with Crippen LogP contribution in [0.3, 0.4) is 0 Å². The van der Waals surface area contributed by atoms with Crippen molar-refractivity contribution in [2.75, 3.05) is 6.61 Å². The first-order valence-electron chi connectivity index (χ1n) is 4.99. The van der Waals surface area contributed by atoms with Gasteiger partial charge in [0.25, 0.3) is 0 Å². The van der Waals surface area contributed by atoms with Gasteiger partial charge in [0.05, 0.1) is 6.61 Å². The first kappa shape index (κ1) is 11.0. The summed E-state index contributed by atoms with van der Waals surface area (Å²) in [4.78, 5) is 0. The fourth-order valence-corrected chi connectivity index (χ4v) is 1.63. The second-order valence-corrected chi connectivity index (χ2v) is 3.97. The summed E-state index contributed by atoms with van der Waals surface area (Å²) >= 11 is 0. The molecule has 1 aromatic carbocycles. The molecule has 1 atom stereocenters. The molecule has 0 spiro atoms. The Morgan fingerprint density at radius 2 is 1.93 bits per heavy atom. The Kier molecular flexibility index (Phi) is 3.90. The maximum Gasteiger partial charge on any atom is 0.0522 e. The van der Waals surface area contributed by atoms with Crippen molar-refractivity contribution >= 4 is 0 Å². The summed E-state index contributed by atoms with van der Waals surface area (Å²) in [6.07, 6.45) is 4.95. The van der Waals surface area contributed by atoms with Crippen molar-refractivity contribution in [2.45, 2.75) is 20.3 Å². The lowest BCUT2D eigenvalue weighted by atomic mass is 9.84. The Balaban J connectivity index is 2.75. The van der Waals surface area contributed by atoms with Crippen LogP contribution in [-0.2, 0) is 6.42 Å². The highest BCUT2D eigenvalue weighted by Gasteiger charge is 2.19. The fourth-order valence-electron chi connectivity index (χ4n) is 1.63. The number of rotatable bonds is 4. The molecule has 1 aromatic rings. The van der Waals surface area contributed by atoms with Crippen LogP contribution in [0.1, 0.15) is 19.4 Å². The molecule has 1 N–H and O–H groups in total. The first-order valence-corrected chi connectivity index (χ1v) is 4.99. The van der Waals surface area contributed by atoms with E-state index >= 15 is 0 Å². The summed E-state index contributed by atoms with van der Waals surface area (Å²) in [6.45, 7) is 4.24. The van der Waals surface area contributed by atoms with E-state index in [1.807, 2.05) is 31.2 Å². The van der Waals surface area contributed by atoms with Crippen molar-refractivity contribution < 1.29 is 5.11 Å². The molecule has 14 heavy (non-hydrogen) atoms. The third-order valence-electron chi connectivity index (χ3n) is 2.38. The van der Waals surface area contributed by atoms with Gasteiger partial charge in [-0.2, -0.15) is 0 Å². The van der Waals surface area contributed by atoms with Gasteiger partial charge in [-0.15, -0.1) is 0 Å². The zero-order chi connectivity index (χ0) is 10.4. The quantitative estimate of drug-likeness (QED) is 0.724. The van der Waals surface area contributed by atoms with E-state index < -0.39 is 0 Å². The Labute approximate surface area is 86.1 Å². The second-order valence-electron chi connectivity index (χ2n) is 3.97. The van der Waals surface area contributed by atoms with E-state index in [1.54, 1.807) is 0 Å². The lowest BCUT2D eigenvalue weighted by Gasteiger charge is -2.23. The third-order valence-corrected chi connectivity index (χ3v) is 2.38. The summed E-state index contributed by atoms with van der Waals surface area (Å²) < 4.78 is 0. The van der Waals surface area contributed by atoms with Gasteiger partial charge < -0.3 is 5.11 Å². The number of allylic oxidation sites excluding steroid dienone is 1. The van der Waals surface area contributed by atoms with Gasteiger partial charge in [-0.3, -0.25) is 0 Å². The van der Waals surface area contributed by atoms with Gasteiger partial charge in [0.2, 0.25) is 0 Å². The molecule has 1 rings (SSSR count). The zero-order valence-electron chi connectivity index (χ0n) is 8.90. The molecule has 0 radical (unpaired) electrons. The van der Waals surface area contributed by atoms with Crippen LogP contribution in [0.2, 0.25) is 0 Å². The van der Waals surface area contributed by atoms with Gasteiger partial charge in [-0.05, 0) is 18.9 Å². The topological polar surface area (TPSA) is 20.2 Å². The van der Waals surface area contributed by atoms with E-state index in [0.29, 0.717) is 0 Å². The monoisotopic (exact) mass is 190 g/mol. The van der Waals surface area contributed by atoms with Crippen molar-refractivity contribution in [1.29, 1.82) is 0 Å². The van der Waals surface area contributed by atoms with Gasteiger partial charge in [0, 0.05) is 5.41 Å². The van der Waals surface area contributed by atoms with Crippen LogP contribution in [0.5, 0.6) is 0 Å². The Bertz CT molecular complexity index is 289. The van der Waals surface area contributed by atoms with Crippen molar-refractivity contribution in [3.8, 4) is 0 Å². The van der Waals surface area contributed by atoms with Gasteiger partial charge >= 0.3 is 0 Å². The predicted octanol–water partition coefficient (Wildman–Crippen LogP) is 2.80. The Morgan fingerprint density at radius 1 is 1.29 bits per heavy atom. The minimum atomic E-state index is -0.129. The van der Waals surface area contributed by atoms with Crippen molar-refractivity contribution in [2.24, 2.45) is 5.41 Å². The molecule has 0 aliphatic carbocycles. The van der Waals surface area contributed by atoms with Crippen LogP contribution >= 0.6 is 0 Å². The zero-order valence-corrected chi connectivity index (χ0v) is 8.90. The van der Waals surface area contributed by atoms with Crippen LogP contribution in [0.25, 0.3) is 0 Å². The van der Waals surface area contributed by atoms with Crippen molar-refractivity contribution in [1.82, 2.24) is 0 Å². The summed E-state index contributed by atoms with van der Waals surface area (Å²) in [5.41, 5.74) is 1.14. The van der Waals surface area contributed by atoms with E-state index in [0.717, 1.165) is 6.42 Å². The SMILES string of the molecule is C/C=C/C(C)(CO)Cc1ccccc1. The molecule has 0 saturated carbocycles. The smallest absolute Gasteiger partial charge is 0.0522 e. The molecule has 0 saturated heterocycles. The molecule has 76 valence electrons. The fraction of sp³-hybridized carbons (Fsp3) is 0.385. The lowest BCUT2D eigenvalue weighted by Crippen LogP contribution is -2.21. The standard InChI is InChI=1S/C13H18O/c1-3-9-13(2,11-14)10-12-7-5-4-6-8-12/h3-9,14H,10-11H2,1-2H3/b9-3+. The molecule has 1 heteroatoms. The summed E-state index contributed by atoms with van der Waals surface area (Å²) in [7, 11) is 0. The van der Waals surface area contributed by atoms with Crippen LogP contribution in [0, 0.1) is 5.41 Å². The number of aliphatic hydroxyl groups is 1.